The number of thiazole rings is 1. The molecule has 33 heavy (non-hydrogen) atoms. The minimum absolute atomic E-state index is 0.0247. The second kappa shape index (κ2) is 9.68. The van der Waals surface area contributed by atoms with E-state index in [-0.39, 0.29) is 35.0 Å². The van der Waals surface area contributed by atoms with E-state index in [2.05, 4.69) is 25.8 Å². The molecule has 1 unspecified atom stereocenters. The number of ether oxygens (including phenoxy) is 1. The Labute approximate surface area is 204 Å². The minimum atomic E-state index is -0.784. The maximum Gasteiger partial charge on any atom is 0.349 e. The lowest BCUT2D eigenvalue weighted by molar-refractivity contribution is -0.164. The van der Waals surface area contributed by atoms with Crippen molar-refractivity contribution >= 4 is 34.2 Å². The van der Waals surface area contributed by atoms with Crippen molar-refractivity contribution in [2.45, 2.75) is 83.3 Å². The van der Waals surface area contributed by atoms with Gasteiger partial charge in [0.2, 0.25) is 0 Å². The van der Waals surface area contributed by atoms with Crippen LogP contribution >= 0.6 is 23.1 Å². The van der Waals surface area contributed by atoms with Gasteiger partial charge < -0.3 is 20.7 Å². The van der Waals surface area contributed by atoms with E-state index < -0.39 is 11.6 Å². The molecule has 8 heteroatoms. The van der Waals surface area contributed by atoms with Gasteiger partial charge in [0.15, 0.2) is 5.13 Å². The van der Waals surface area contributed by atoms with Crippen LogP contribution < -0.4 is 5.73 Å². The quantitative estimate of drug-likeness (QED) is 0.430. The van der Waals surface area contributed by atoms with Crippen molar-refractivity contribution in [3.8, 4) is 0 Å². The number of cyclic esters (lactones) is 1. The van der Waals surface area contributed by atoms with Crippen LogP contribution in [0.3, 0.4) is 0 Å². The molecule has 0 radical (unpaired) electrons. The van der Waals surface area contributed by atoms with Crippen LogP contribution in [-0.4, -0.2) is 26.8 Å². The predicted molar refractivity (Wildman–Crippen MR) is 134 cm³/mol. The largest absolute Gasteiger partial charge is 0.511 e. The summed E-state index contributed by atoms with van der Waals surface area (Å²) in [5.41, 5.74) is 7.57. The number of esters is 1. The summed E-state index contributed by atoms with van der Waals surface area (Å²) >= 11 is 2.68. The third-order valence-electron chi connectivity index (χ3n) is 6.26. The van der Waals surface area contributed by atoms with Gasteiger partial charge in [-0.05, 0) is 53.9 Å². The van der Waals surface area contributed by atoms with E-state index in [4.69, 9.17) is 10.5 Å². The predicted octanol–water partition coefficient (Wildman–Crippen LogP) is 5.66. The van der Waals surface area contributed by atoms with Crippen LogP contribution in [0, 0.1) is 12.8 Å². The molecule has 1 aliphatic rings. The first-order valence-electron chi connectivity index (χ1n) is 11.1. The Bertz CT molecular complexity index is 1070. The summed E-state index contributed by atoms with van der Waals surface area (Å²) in [6.45, 7) is 12.2. The summed E-state index contributed by atoms with van der Waals surface area (Å²) in [6, 6.07) is 3.96. The zero-order chi connectivity index (χ0) is 24.6. The number of anilines is 1. The van der Waals surface area contributed by atoms with Crippen LogP contribution in [0.1, 0.15) is 69.0 Å². The number of nitrogen functional groups attached to an aromatic ring is 1. The summed E-state index contributed by atoms with van der Waals surface area (Å²) in [4.78, 5) is 19.4. The Hall–Kier alpha value is -2.03. The van der Waals surface area contributed by atoms with Gasteiger partial charge in [-0.1, -0.05) is 52.4 Å². The van der Waals surface area contributed by atoms with Crippen LogP contribution in [0.2, 0.25) is 0 Å². The van der Waals surface area contributed by atoms with Crippen molar-refractivity contribution in [2.24, 2.45) is 5.92 Å². The minimum Gasteiger partial charge on any atom is -0.511 e. The molecule has 0 saturated carbocycles. The van der Waals surface area contributed by atoms with Crippen molar-refractivity contribution in [2.75, 3.05) is 5.73 Å². The molecule has 6 nitrogen and oxygen atoms in total. The van der Waals surface area contributed by atoms with Gasteiger partial charge in [-0.25, -0.2) is 9.78 Å². The normalized spacial score (nSPS) is 19.3. The number of nitrogens with zero attached hydrogens (tertiary/aromatic N) is 1. The molecule has 4 N–H and O–H groups in total. The lowest BCUT2D eigenvalue weighted by Crippen LogP contribution is -2.44. The number of aromatic nitrogens is 1. The molecule has 0 aliphatic carbocycles. The van der Waals surface area contributed by atoms with Crippen LogP contribution in [0.4, 0.5) is 5.13 Å². The van der Waals surface area contributed by atoms with E-state index >= 15 is 0 Å². The molecular formula is C25H34N2O4S2. The molecule has 0 bridgehead atoms. The van der Waals surface area contributed by atoms with Gasteiger partial charge in [-0.3, -0.25) is 0 Å². The molecule has 2 heterocycles. The van der Waals surface area contributed by atoms with Crippen molar-refractivity contribution in [3.63, 3.8) is 0 Å². The summed E-state index contributed by atoms with van der Waals surface area (Å²) in [5.74, 6) is -0.404. The molecule has 180 valence electrons. The number of aliphatic hydroxyl groups excluding tert-OH is 2. The topological polar surface area (TPSA) is 106 Å². The summed E-state index contributed by atoms with van der Waals surface area (Å²) in [6.07, 6.45) is 3.28. The second-order valence-corrected chi connectivity index (χ2v) is 12.2. The zero-order valence-electron chi connectivity index (χ0n) is 20.2. The number of carbonyl (C=O) groups is 1. The fraction of sp³-hybridized carbons (Fsp3) is 0.520. The van der Waals surface area contributed by atoms with E-state index in [1.165, 1.54) is 23.1 Å². The molecule has 3 rings (SSSR count). The van der Waals surface area contributed by atoms with E-state index in [9.17, 15) is 15.0 Å². The van der Waals surface area contributed by atoms with Crippen LogP contribution in [0.15, 0.2) is 33.9 Å². The van der Waals surface area contributed by atoms with E-state index in [0.717, 1.165) is 26.5 Å². The van der Waals surface area contributed by atoms with Crippen molar-refractivity contribution < 1.29 is 19.7 Å². The first kappa shape index (κ1) is 25.6. The van der Waals surface area contributed by atoms with E-state index in [0.29, 0.717) is 18.0 Å². The van der Waals surface area contributed by atoms with Gasteiger partial charge >= 0.3 is 5.97 Å². The van der Waals surface area contributed by atoms with Crippen LogP contribution in [-0.2, 0) is 28.0 Å². The number of aliphatic hydroxyl groups is 2. The molecule has 0 saturated heterocycles. The molecule has 1 aliphatic heterocycles. The standard InChI is InChI=1S/C25H34N2O4S2/c1-14(2)25(8-7-17-12-27-23(26)32-17)11-19(29)21(22(30)31-25)33-20-9-15(3)16(13-28)10-18(20)24(4,5)6/h9-10,12,14,28-29H,7-8,11,13H2,1-6H3,(H2,26,27). The van der Waals surface area contributed by atoms with Gasteiger partial charge in [0.25, 0.3) is 0 Å². The number of thioether (sulfide) groups is 1. The first-order chi connectivity index (χ1) is 15.4. The molecule has 1 aromatic carbocycles. The SMILES string of the molecule is Cc1cc(SC2=C(O)CC(CCc3cnc(N)s3)(C(C)C)OC2=O)c(C(C)(C)C)cc1CO. The van der Waals surface area contributed by atoms with Gasteiger partial charge in [-0.15, -0.1) is 11.3 Å². The fourth-order valence-corrected chi connectivity index (χ4v) is 5.98. The van der Waals surface area contributed by atoms with Crippen LogP contribution in [0.25, 0.3) is 0 Å². The van der Waals surface area contributed by atoms with Crippen LogP contribution in [0.5, 0.6) is 0 Å². The Morgan fingerprint density at radius 3 is 2.55 bits per heavy atom. The van der Waals surface area contributed by atoms with Gasteiger partial charge in [-0.2, -0.15) is 0 Å². The Kier molecular flexibility index (Phi) is 7.51. The molecule has 0 fully saturated rings. The molecule has 0 spiro atoms. The number of nitrogens with two attached hydrogens (primary N) is 1. The lowest BCUT2D eigenvalue weighted by atomic mass is 9.81. The summed E-state index contributed by atoms with van der Waals surface area (Å²) in [5, 5.41) is 21.3. The Morgan fingerprint density at radius 2 is 2.03 bits per heavy atom. The van der Waals surface area contributed by atoms with Gasteiger partial charge in [0, 0.05) is 22.4 Å². The third-order valence-corrected chi connectivity index (χ3v) is 8.31. The summed E-state index contributed by atoms with van der Waals surface area (Å²) in [7, 11) is 0. The number of benzene rings is 1. The fourth-order valence-electron chi connectivity index (χ4n) is 4.05. The van der Waals surface area contributed by atoms with Gasteiger partial charge in [0.05, 0.1) is 6.61 Å². The zero-order valence-corrected chi connectivity index (χ0v) is 21.8. The molecule has 0 amide bonds. The molecule has 1 atom stereocenters. The second-order valence-electron chi connectivity index (χ2n) is 10.0. The molecular weight excluding hydrogens is 456 g/mol. The van der Waals surface area contributed by atoms with Gasteiger partial charge in [0.1, 0.15) is 16.3 Å². The van der Waals surface area contributed by atoms with Crippen molar-refractivity contribution in [1.29, 1.82) is 0 Å². The number of hydrogen-bond donors (Lipinski definition) is 3. The number of rotatable bonds is 7. The molecule has 2 aromatic rings. The maximum atomic E-state index is 13.2. The highest BCUT2D eigenvalue weighted by Gasteiger charge is 2.44. The van der Waals surface area contributed by atoms with Crippen molar-refractivity contribution in [3.05, 3.63) is 50.6 Å². The monoisotopic (exact) mass is 490 g/mol. The number of carbonyl (C=O) groups excluding carboxylic acids is 1. The lowest BCUT2D eigenvalue weighted by Gasteiger charge is -2.40. The third kappa shape index (κ3) is 5.55. The van der Waals surface area contributed by atoms with E-state index in [1.807, 2.05) is 32.9 Å². The average molecular weight is 491 g/mol. The number of aryl methyl sites for hydroxylation is 2. The smallest absolute Gasteiger partial charge is 0.349 e. The van der Waals surface area contributed by atoms with Crippen molar-refractivity contribution in [1.82, 2.24) is 4.98 Å². The number of hydrogen-bond acceptors (Lipinski definition) is 8. The maximum absolute atomic E-state index is 13.2. The summed E-state index contributed by atoms with van der Waals surface area (Å²) < 4.78 is 6.06. The first-order valence-corrected chi connectivity index (χ1v) is 12.8. The highest BCUT2D eigenvalue weighted by molar-refractivity contribution is 8.04. The molecule has 1 aromatic heterocycles. The highest BCUT2D eigenvalue weighted by Crippen LogP contribution is 2.45. The Morgan fingerprint density at radius 1 is 1.33 bits per heavy atom. The average Bonchev–Trinajstić information content (AvgIpc) is 3.13. The van der Waals surface area contributed by atoms with E-state index in [1.54, 1.807) is 6.20 Å². The highest BCUT2D eigenvalue weighted by atomic mass is 32.2. The Balaban J connectivity index is 1.92.